The molecular weight excluding hydrogens is 276 g/mol. The van der Waals surface area contributed by atoms with Gasteiger partial charge in [0.1, 0.15) is 5.75 Å². The Labute approximate surface area is 121 Å². The summed E-state index contributed by atoms with van der Waals surface area (Å²) in [6.45, 7) is 1.75. The Morgan fingerprint density at radius 2 is 1.81 bits per heavy atom. The summed E-state index contributed by atoms with van der Waals surface area (Å²) in [7, 11) is 0. The van der Waals surface area contributed by atoms with Gasteiger partial charge in [-0.15, -0.1) is 0 Å². The molecule has 0 radical (unpaired) electrons. The minimum atomic E-state index is -1.50. The largest absolute Gasteiger partial charge is 0.545 e. The molecule has 112 valence electrons. The molecule has 0 bridgehead atoms. The summed E-state index contributed by atoms with van der Waals surface area (Å²) in [6, 6.07) is 7.26. The van der Waals surface area contributed by atoms with Crippen LogP contribution in [0.5, 0.6) is 5.75 Å². The zero-order valence-corrected chi connectivity index (χ0v) is 11.4. The second kappa shape index (κ2) is 8.36. The van der Waals surface area contributed by atoms with Crippen LogP contribution in [-0.4, -0.2) is 24.4 Å². The van der Waals surface area contributed by atoms with E-state index in [1.54, 1.807) is 12.1 Å². The Kier molecular flexibility index (Phi) is 6.46. The van der Waals surface area contributed by atoms with Gasteiger partial charge in [-0.3, -0.25) is 20.4 Å². The van der Waals surface area contributed by atoms with Crippen LogP contribution in [0.15, 0.2) is 36.4 Å². The number of hydrazine groups is 1. The number of aryl methyl sites for hydroxylation is 1. The van der Waals surface area contributed by atoms with Crippen LogP contribution in [0.4, 0.5) is 0 Å². The lowest BCUT2D eigenvalue weighted by Crippen LogP contribution is -2.43. The number of amides is 2. The van der Waals surface area contributed by atoms with Crippen molar-refractivity contribution in [1.29, 1.82) is 0 Å². The summed E-state index contributed by atoms with van der Waals surface area (Å²) in [5.74, 6) is -2.34. The molecule has 1 aromatic carbocycles. The van der Waals surface area contributed by atoms with Crippen molar-refractivity contribution in [3.8, 4) is 5.75 Å². The number of carbonyl (C=O) groups is 3. The first-order chi connectivity index (χ1) is 10.0. The summed E-state index contributed by atoms with van der Waals surface area (Å²) in [6.07, 6.45) is 2.18. The molecule has 21 heavy (non-hydrogen) atoms. The van der Waals surface area contributed by atoms with Gasteiger partial charge in [0.25, 0.3) is 11.8 Å². The van der Waals surface area contributed by atoms with E-state index in [2.05, 4.69) is 5.43 Å². The number of hydrogen-bond acceptors (Lipinski definition) is 5. The van der Waals surface area contributed by atoms with Crippen LogP contribution in [0.3, 0.4) is 0 Å². The molecule has 0 fully saturated rings. The second-order valence-corrected chi connectivity index (χ2v) is 3.98. The predicted molar refractivity (Wildman–Crippen MR) is 71.7 cm³/mol. The summed E-state index contributed by atoms with van der Waals surface area (Å²) in [5.41, 5.74) is 5.22. The minimum absolute atomic E-state index is 0.282. The van der Waals surface area contributed by atoms with Gasteiger partial charge in [-0.25, -0.2) is 0 Å². The second-order valence-electron chi connectivity index (χ2n) is 3.98. The van der Waals surface area contributed by atoms with E-state index >= 15 is 0 Å². The molecule has 0 saturated carbocycles. The lowest BCUT2D eigenvalue weighted by atomic mass is 10.2. The van der Waals surface area contributed by atoms with E-state index in [0.29, 0.717) is 11.8 Å². The molecule has 0 heterocycles. The average Bonchev–Trinajstić information content (AvgIpc) is 2.49. The Balaban J connectivity index is 2.30. The maximum atomic E-state index is 11.4. The van der Waals surface area contributed by atoms with E-state index in [1.165, 1.54) is 0 Å². The number of carboxylic acid groups (broad SMARTS) is 1. The molecule has 0 spiro atoms. The van der Waals surface area contributed by atoms with Crippen LogP contribution in [0.1, 0.15) is 12.5 Å². The number of nitrogens with one attached hydrogen (secondary N) is 2. The monoisotopic (exact) mass is 291 g/mol. The Bertz CT molecular complexity index is 537. The van der Waals surface area contributed by atoms with Crippen molar-refractivity contribution in [3.63, 3.8) is 0 Å². The third-order valence-electron chi connectivity index (χ3n) is 2.40. The molecule has 7 nitrogen and oxygen atoms in total. The molecule has 2 N–H and O–H groups in total. The molecule has 1 rings (SSSR count). The topological polar surface area (TPSA) is 108 Å². The fourth-order valence-electron chi connectivity index (χ4n) is 1.32. The quantitative estimate of drug-likeness (QED) is 0.520. The van der Waals surface area contributed by atoms with E-state index < -0.39 is 17.8 Å². The van der Waals surface area contributed by atoms with E-state index in [1.807, 2.05) is 24.5 Å². The lowest BCUT2D eigenvalue weighted by Gasteiger charge is -2.08. The molecule has 0 aliphatic rings. The highest BCUT2D eigenvalue weighted by molar-refractivity contribution is 5.94. The lowest BCUT2D eigenvalue weighted by molar-refractivity contribution is -0.297. The Hall–Kier alpha value is -2.83. The van der Waals surface area contributed by atoms with Crippen molar-refractivity contribution in [1.82, 2.24) is 10.9 Å². The molecule has 0 atom stereocenters. The van der Waals surface area contributed by atoms with Crippen molar-refractivity contribution in [3.05, 3.63) is 42.0 Å². The molecule has 0 aliphatic carbocycles. The van der Waals surface area contributed by atoms with Gasteiger partial charge >= 0.3 is 0 Å². The van der Waals surface area contributed by atoms with Gasteiger partial charge in [-0.1, -0.05) is 19.1 Å². The van der Waals surface area contributed by atoms with Gasteiger partial charge in [0, 0.05) is 6.08 Å². The van der Waals surface area contributed by atoms with Crippen LogP contribution in [0.2, 0.25) is 0 Å². The van der Waals surface area contributed by atoms with Gasteiger partial charge < -0.3 is 14.6 Å². The van der Waals surface area contributed by atoms with Gasteiger partial charge in [0.15, 0.2) is 6.61 Å². The predicted octanol–water partition coefficient (Wildman–Crippen LogP) is -0.919. The van der Waals surface area contributed by atoms with Crippen molar-refractivity contribution >= 4 is 17.8 Å². The van der Waals surface area contributed by atoms with Crippen molar-refractivity contribution < 1.29 is 24.2 Å². The number of ether oxygens (including phenoxy) is 1. The molecular formula is C14H15N2O5-. The number of carboxylic acids is 1. The first kappa shape index (κ1) is 16.2. The first-order valence-corrected chi connectivity index (χ1v) is 6.21. The van der Waals surface area contributed by atoms with Gasteiger partial charge in [0.05, 0.1) is 5.97 Å². The zero-order valence-electron chi connectivity index (χ0n) is 11.4. The van der Waals surface area contributed by atoms with Crippen LogP contribution in [0, 0.1) is 0 Å². The van der Waals surface area contributed by atoms with E-state index in [0.717, 1.165) is 18.1 Å². The molecule has 7 heteroatoms. The normalized spacial score (nSPS) is 10.1. The summed E-state index contributed by atoms with van der Waals surface area (Å²) < 4.78 is 5.21. The molecule has 1 aromatic rings. The molecule has 0 aliphatic heterocycles. The number of benzene rings is 1. The van der Waals surface area contributed by atoms with E-state index in [-0.39, 0.29) is 6.61 Å². The highest BCUT2D eigenvalue weighted by Crippen LogP contribution is 2.12. The van der Waals surface area contributed by atoms with Crippen LogP contribution in [-0.2, 0) is 20.8 Å². The zero-order chi connectivity index (χ0) is 15.7. The van der Waals surface area contributed by atoms with Crippen molar-refractivity contribution in [2.45, 2.75) is 13.3 Å². The smallest absolute Gasteiger partial charge is 0.276 e. The summed E-state index contributed by atoms with van der Waals surface area (Å²) in [5, 5.41) is 10.1. The van der Waals surface area contributed by atoms with E-state index in [4.69, 9.17) is 4.74 Å². The Morgan fingerprint density at radius 3 is 2.38 bits per heavy atom. The number of rotatable bonds is 6. The summed E-state index contributed by atoms with van der Waals surface area (Å²) >= 11 is 0. The highest BCUT2D eigenvalue weighted by Gasteiger charge is 2.03. The van der Waals surface area contributed by atoms with Crippen molar-refractivity contribution in [2.24, 2.45) is 0 Å². The fraction of sp³-hybridized carbons (Fsp3) is 0.214. The molecule has 0 aromatic heterocycles. The molecule has 0 saturated heterocycles. The van der Waals surface area contributed by atoms with E-state index in [9.17, 15) is 19.5 Å². The standard InChI is InChI=1S/C14H16N2O5/c1-2-10-3-5-11(6-4-10)21-9-13(18)16-15-12(17)7-8-14(19)20/h3-8H,2,9H2,1H3,(H,15,17)(H,16,18)(H,19,20)/p-1/b8-7+. The number of carbonyl (C=O) groups excluding carboxylic acids is 3. The van der Waals surface area contributed by atoms with Gasteiger partial charge in [-0.2, -0.15) is 0 Å². The SMILES string of the molecule is CCc1ccc(OCC(=O)NNC(=O)/C=C/C(=O)[O-])cc1. The van der Waals surface area contributed by atoms with Gasteiger partial charge in [0.2, 0.25) is 0 Å². The number of aliphatic carboxylic acids is 1. The maximum absolute atomic E-state index is 11.4. The van der Waals surface area contributed by atoms with Crippen LogP contribution >= 0.6 is 0 Å². The third kappa shape index (κ3) is 6.76. The molecule has 2 amide bonds. The highest BCUT2D eigenvalue weighted by atomic mass is 16.5. The fourth-order valence-corrected chi connectivity index (χ4v) is 1.32. The summed E-state index contributed by atoms with van der Waals surface area (Å²) in [4.78, 5) is 32.5. The van der Waals surface area contributed by atoms with Crippen LogP contribution in [0.25, 0.3) is 0 Å². The average molecular weight is 291 g/mol. The van der Waals surface area contributed by atoms with Gasteiger partial charge in [-0.05, 0) is 30.2 Å². The van der Waals surface area contributed by atoms with Crippen LogP contribution < -0.4 is 20.7 Å². The molecule has 0 unspecified atom stereocenters. The Morgan fingerprint density at radius 1 is 1.14 bits per heavy atom. The third-order valence-corrected chi connectivity index (χ3v) is 2.40. The maximum Gasteiger partial charge on any atom is 0.276 e. The van der Waals surface area contributed by atoms with Crippen molar-refractivity contribution in [2.75, 3.05) is 6.61 Å². The first-order valence-electron chi connectivity index (χ1n) is 6.21. The minimum Gasteiger partial charge on any atom is -0.545 e. The number of hydrogen-bond donors (Lipinski definition) is 2.